The van der Waals surface area contributed by atoms with Crippen molar-refractivity contribution in [2.24, 2.45) is 0 Å². The molecule has 1 atom stereocenters. The first-order valence-electron chi connectivity index (χ1n) is 6.66. The molecule has 108 valence electrons. The molecule has 0 aromatic carbocycles. The Morgan fingerprint density at radius 2 is 2.11 bits per heavy atom. The molecule has 0 spiro atoms. The fraction of sp³-hybridized carbons (Fsp3) is 0.643. The molecule has 1 heterocycles. The molecule has 5 heteroatoms. The third kappa shape index (κ3) is 5.04. The molecule has 0 saturated carbocycles. The fourth-order valence-electron chi connectivity index (χ4n) is 2.01. The highest BCUT2D eigenvalue weighted by Gasteiger charge is 2.15. The maximum Gasteiger partial charge on any atom is 0.0663 e. The number of hydrogen-bond acceptors (Lipinski definition) is 5. The van der Waals surface area contributed by atoms with E-state index in [4.69, 9.17) is 9.47 Å². The summed E-state index contributed by atoms with van der Waals surface area (Å²) in [6.45, 7) is 7.27. The molecule has 0 fully saturated rings. The molecule has 5 nitrogen and oxygen atoms in total. The van der Waals surface area contributed by atoms with Crippen LogP contribution in [0.2, 0.25) is 0 Å². The summed E-state index contributed by atoms with van der Waals surface area (Å²) < 4.78 is 10.4. The summed E-state index contributed by atoms with van der Waals surface area (Å²) in [5, 5.41) is 3.28. The molecular weight excluding hydrogens is 242 g/mol. The first-order chi connectivity index (χ1) is 9.22. The summed E-state index contributed by atoms with van der Waals surface area (Å²) in [6, 6.07) is 2.39. The van der Waals surface area contributed by atoms with Crippen molar-refractivity contribution in [3.8, 4) is 0 Å². The van der Waals surface area contributed by atoms with Gasteiger partial charge in [0, 0.05) is 33.4 Å². The second kappa shape index (κ2) is 8.72. The zero-order valence-electron chi connectivity index (χ0n) is 12.3. The van der Waals surface area contributed by atoms with Gasteiger partial charge < -0.3 is 19.7 Å². The minimum Gasteiger partial charge on any atom is -0.384 e. The molecule has 0 radical (unpaired) electrons. The van der Waals surface area contributed by atoms with Crippen molar-refractivity contribution in [3.05, 3.63) is 18.5 Å². The molecule has 0 amide bonds. The van der Waals surface area contributed by atoms with Crippen LogP contribution < -0.4 is 10.2 Å². The Morgan fingerprint density at radius 3 is 2.74 bits per heavy atom. The highest BCUT2D eigenvalue weighted by molar-refractivity contribution is 5.56. The van der Waals surface area contributed by atoms with Crippen LogP contribution in [0.1, 0.15) is 13.8 Å². The normalized spacial score (nSPS) is 12.2. The summed E-state index contributed by atoms with van der Waals surface area (Å²) in [6.07, 6.45) is 3.71. The van der Waals surface area contributed by atoms with Gasteiger partial charge in [-0.15, -0.1) is 0 Å². The molecule has 0 bridgehead atoms. The topological polar surface area (TPSA) is 46.6 Å². The van der Waals surface area contributed by atoms with Gasteiger partial charge in [0.05, 0.1) is 37.0 Å². The Morgan fingerprint density at radius 1 is 1.32 bits per heavy atom. The van der Waals surface area contributed by atoms with E-state index < -0.39 is 0 Å². The van der Waals surface area contributed by atoms with Gasteiger partial charge in [0.2, 0.25) is 0 Å². The molecule has 1 unspecified atom stereocenters. The Labute approximate surface area is 115 Å². The number of rotatable bonds is 9. The number of methoxy groups -OCH3 is 2. The van der Waals surface area contributed by atoms with Crippen molar-refractivity contribution < 1.29 is 9.47 Å². The number of pyridine rings is 1. The Bertz CT molecular complexity index is 360. The number of nitrogens with zero attached hydrogens (tertiary/aromatic N) is 2. The van der Waals surface area contributed by atoms with E-state index in [9.17, 15) is 0 Å². The van der Waals surface area contributed by atoms with Gasteiger partial charge in [-0.05, 0) is 19.9 Å². The molecule has 1 rings (SSSR count). The number of aromatic nitrogens is 1. The molecule has 0 saturated heterocycles. The molecule has 0 aliphatic heterocycles. The lowest BCUT2D eigenvalue weighted by Crippen LogP contribution is -2.38. The summed E-state index contributed by atoms with van der Waals surface area (Å²) in [4.78, 5) is 6.54. The van der Waals surface area contributed by atoms with Gasteiger partial charge in [-0.3, -0.25) is 4.98 Å². The largest absolute Gasteiger partial charge is 0.384 e. The second-order valence-corrected chi connectivity index (χ2v) is 4.45. The van der Waals surface area contributed by atoms with E-state index in [1.165, 1.54) is 0 Å². The third-order valence-electron chi connectivity index (χ3n) is 2.91. The maximum atomic E-state index is 5.25. The maximum absolute atomic E-state index is 5.25. The summed E-state index contributed by atoms with van der Waals surface area (Å²) in [5.41, 5.74) is 2.12. The molecule has 1 N–H and O–H groups in total. The minimum absolute atomic E-state index is 0.277. The van der Waals surface area contributed by atoms with E-state index in [1.807, 2.05) is 12.4 Å². The second-order valence-electron chi connectivity index (χ2n) is 4.45. The van der Waals surface area contributed by atoms with Crippen LogP contribution in [0.25, 0.3) is 0 Å². The van der Waals surface area contributed by atoms with E-state index in [-0.39, 0.29) is 6.04 Å². The lowest BCUT2D eigenvalue weighted by atomic mass is 10.2. The van der Waals surface area contributed by atoms with Gasteiger partial charge in [-0.2, -0.15) is 0 Å². The monoisotopic (exact) mass is 267 g/mol. The predicted octanol–water partition coefficient (Wildman–Crippen LogP) is 2.00. The molecular formula is C14H25N3O2. The molecule has 1 aromatic rings. The van der Waals surface area contributed by atoms with Crippen LogP contribution in [-0.2, 0) is 9.47 Å². The standard InChI is InChI=1S/C14H25N3O2/c1-5-16-13-8-14(10-15-9-13)17(6-7-18-3)12(2)11-19-4/h8-10,12,16H,5-7,11H2,1-4H3. The van der Waals surface area contributed by atoms with Gasteiger partial charge in [-0.25, -0.2) is 0 Å². The highest BCUT2D eigenvalue weighted by Crippen LogP contribution is 2.20. The van der Waals surface area contributed by atoms with Gasteiger partial charge in [0.1, 0.15) is 0 Å². The lowest BCUT2D eigenvalue weighted by Gasteiger charge is -2.30. The number of anilines is 2. The summed E-state index contributed by atoms with van der Waals surface area (Å²) >= 11 is 0. The van der Waals surface area contributed by atoms with Crippen LogP contribution in [0.5, 0.6) is 0 Å². The quantitative estimate of drug-likeness (QED) is 0.741. The van der Waals surface area contributed by atoms with E-state index >= 15 is 0 Å². The summed E-state index contributed by atoms with van der Waals surface area (Å²) in [5.74, 6) is 0. The Hall–Kier alpha value is -1.33. The van der Waals surface area contributed by atoms with E-state index in [1.54, 1.807) is 14.2 Å². The highest BCUT2D eigenvalue weighted by atomic mass is 16.5. The van der Waals surface area contributed by atoms with Crippen LogP contribution in [0, 0.1) is 0 Å². The number of hydrogen-bond donors (Lipinski definition) is 1. The van der Waals surface area contributed by atoms with Crippen molar-refractivity contribution in [2.45, 2.75) is 19.9 Å². The average Bonchev–Trinajstić information content (AvgIpc) is 2.40. The fourth-order valence-corrected chi connectivity index (χ4v) is 2.01. The van der Waals surface area contributed by atoms with Gasteiger partial charge >= 0.3 is 0 Å². The smallest absolute Gasteiger partial charge is 0.0663 e. The van der Waals surface area contributed by atoms with Gasteiger partial charge in [-0.1, -0.05) is 0 Å². The molecule has 0 aliphatic carbocycles. The van der Waals surface area contributed by atoms with Crippen LogP contribution in [0.15, 0.2) is 18.5 Å². The first-order valence-corrected chi connectivity index (χ1v) is 6.66. The SMILES string of the molecule is CCNc1cncc(N(CCOC)C(C)COC)c1. The number of ether oxygens (including phenoxy) is 2. The zero-order chi connectivity index (χ0) is 14.1. The van der Waals surface area contributed by atoms with Crippen molar-refractivity contribution in [3.63, 3.8) is 0 Å². The van der Waals surface area contributed by atoms with Crippen molar-refractivity contribution in [1.29, 1.82) is 0 Å². The van der Waals surface area contributed by atoms with E-state index in [0.29, 0.717) is 13.2 Å². The predicted molar refractivity (Wildman–Crippen MR) is 79.0 cm³/mol. The average molecular weight is 267 g/mol. The Balaban J connectivity index is 2.85. The van der Waals surface area contributed by atoms with Crippen LogP contribution in [-0.4, -0.2) is 51.5 Å². The van der Waals surface area contributed by atoms with Crippen LogP contribution in [0.3, 0.4) is 0 Å². The Kier molecular flexibility index (Phi) is 7.22. The number of nitrogens with one attached hydrogen (secondary N) is 1. The summed E-state index contributed by atoms with van der Waals surface area (Å²) in [7, 11) is 3.44. The van der Waals surface area contributed by atoms with E-state index in [0.717, 1.165) is 24.5 Å². The minimum atomic E-state index is 0.277. The van der Waals surface area contributed by atoms with Gasteiger partial charge in [0.25, 0.3) is 0 Å². The van der Waals surface area contributed by atoms with Crippen molar-refractivity contribution >= 4 is 11.4 Å². The molecule has 19 heavy (non-hydrogen) atoms. The molecule has 0 aliphatic rings. The van der Waals surface area contributed by atoms with Crippen LogP contribution >= 0.6 is 0 Å². The first kappa shape index (κ1) is 15.7. The van der Waals surface area contributed by atoms with Crippen LogP contribution in [0.4, 0.5) is 11.4 Å². The van der Waals surface area contributed by atoms with E-state index in [2.05, 4.69) is 35.1 Å². The van der Waals surface area contributed by atoms with Crippen molar-refractivity contribution in [1.82, 2.24) is 4.98 Å². The van der Waals surface area contributed by atoms with Crippen molar-refractivity contribution in [2.75, 3.05) is 50.7 Å². The zero-order valence-corrected chi connectivity index (χ0v) is 12.3. The van der Waals surface area contributed by atoms with Gasteiger partial charge in [0.15, 0.2) is 0 Å². The lowest BCUT2D eigenvalue weighted by molar-refractivity contribution is 0.171. The molecule has 1 aromatic heterocycles. The third-order valence-corrected chi connectivity index (χ3v) is 2.91.